The van der Waals surface area contributed by atoms with Crippen LogP contribution in [0.25, 0.3) is 17.1 Å². The van der Waals surface area contributed by atoms with Crippen LogP contribution in [0.3, 0.4) is 0 Å². The minimum absolute atomic E-state index is 0.182. The number of Topliss-reactive ketones (excluding diaryl/α,β-unsaturated/α-hetero) is 1. The van der Waals surface area contributed by atoms with Gasteiger partial charge >= 0.3 is 0 Å². The molecule has 130 valence electrons. The lowest BCUT2D eigenvalue weighted by Gasteiger charge is -2.13. The number of benzene rings is 2. The van der Waals surface area contributed by atoms with Gasteiger partial charge in [0.05, 0.1) is 5.69 Å². The van der Waals surface area contributed by atoms with Gasteiger partial charge in [0.15, 0.2) is 5.82 Å². The van der Waals surface area contributed by atoms with Crippen LogP contribution in [0.4, 0.5) is 4.39 Å². The Kier molecular flexibility index (Phi) is 3.48. The molecule has 4 nitrogen and oxygen atoms in total. The van der Waals surface area contributed by atoms with Gasteiger partial charge in [0.1, 0.15) is 17.9 Å². The van der Waals surface area contributed by atoms with Crippen molar-refractivity contribution in [3.8, 4) is 17.1 Å². The fourth-order valence-corrected chi connectivity index (χ4v) is 4.22. The van der Waals surface area contributed by atoms with E-state index < -0.39 is 0 Å². The quantitative estimate of drug-likeness (QED) is 0.709. The fourth-order valence-electron chi connectivity index (χ4n) is 4.22. The van der Waals surface area contributed by atoms with Gasteiger partial charge in [-0.1, -0.05) is 12.1 Å². The lowest BCUT2D eigenvalue weighted by molar-refractivity contribution is -0.123. The second kappa shape index (κ2) is 5.87. The van der Waals surface area contributed by atoms with Crippen molar-refractivity contribution in [1.29, 1.82) is 0 Å². The highest BCUT2D eigenvalue weighted by Crippen LogP contribution is 2.38. The first-order valence-electron chi connectivity index (χ1n) is 9.01. The molecule has 0 amide bonds. The summed E-state index contributed by atoms with van der Waals surface area (Å²) < 4.78 is 14.7. The zero-order chi connectivity index (χ0) is 17.7. The Bertz CT molecular complexity index is 993. The second-order valence-electron chi connectivity index (χ2n) is 7.25. The molecule has 0 aliphatic heterocycles. The van der Waals surface area contributed by atoms with Gasteiger partial charge in [0.2, 0.25) is 0 Å². The van der Waals surface area contributed by atoms with E-state index in [4.69, 9.17) is 0 Å². The Morgan fingerprint density at radius 2 is 1.69 bits per heavy atom. The Balaban J connectivity index is 1.48. The molecule has 2 aromatic carbocycles. The molecule has 5 rings (SSSR count). The van der Waals surface area contributed by atoms with Crippen LogP contribution in [-0.4, -0.2) is 20.5 Å². The number of rotatable bonds is 2. The van der Waals surface area contributed by atoms with E-state index in [2.05, 4.69) is 22.2 Å². The van der Waals surface area contributed by atoms with Crippen molar-refractivity contribution < 1.29 is 9.18 Å². The number of fused-ring (bicyclic) bond motifs is 3. The molecule has 0 radical (unpaired) electrons. The van der Waals surface area contributed by atoms with Gasteiger partial charge in [-0.2, -0.15) is 0 Å². The number of carbonyl (C=O) groups is 1. The van der Waals surface area contributed by atoms with Crippen molar-refractivity contribution in [2.45, 2.75) is 25.7 Å². The SMILES string of the molecule is O=C1[C@@H]2CC[C@H]1Cc1ccc(-c3ncn(-c4ccc(F)cc4)n3)cc1C2. The van der Waals surface area contributed by atoms with Crippen LogP contribution in [0.5, 0.6) is 0 Å². The number of aromatic nitrogens is 3. The minimum atomic E-state index is -0.274. The largest absolute Gasteiger partial charge is 0.299 e. The van der Waals surface area contributed by atoms with Crippen LogP contribution in [0.1, 0.15) is 24.0 Å². The highest BCUT2D eigenvalue weighted by molar-refractivity contribution is 5.86. The first kappa shape index (κ1) is 15.4. The zero-order valence-corrected chi connectivity index (χ0v) is 14.2. The first-order chi connectivity index (χ1) is 12.7. The lowest BCUT2D eigenvalue weighted by Crippen LogP contribution is -2.13. The fraction of sp³-hybridized carbons (Fsp3) is 0.286. The van der Waals surface area contributed by atoms with Crippen LogP contribution in [0, 0.1) is 17.7 Å². The molecule has 26 heavy (non-hydrogen) atoms. The van der Waals surface area contributed by atoms with Gasteiger partial charge in [0.25, 0.3) is 0 Å². The summed E-state index contributed by atoms with van der Waals surface area (Å²) in [6, 6.07) is 12.5. The standard InChI is InChI=1S/C21H18FN3O/c22-18-5-7-19(8-6-18)25-12-23-21(24-25)16-4-1-13-9-14-2-3-15(20(14)26)10-17(13)11-16/h1,4-8,11-12,14-15H,2-3,9-10H2/t14-,15+/m0/s1. The highest BCUT2D eigenvalue weighted by atomic mass is 19.1. The summed E-state index contributed by atoms with van der Waals surface area (Å²) in [5.41, 5.74) is 4.26. The third kappa shape index (κ3) is 2.55. The number of hydrogen-bond donors (Lipinski definition) is 0. The summed E-state index contributed by atoms with van der Waals surface area (Å²) in [5.74, 6) is 1.20. The van der Waals surface area contributed by atoms with Gasteiger partial charge in [-0.05, 0) is 67.1 Å². The van der Waals surface area contributed by atoms with Crippen molar-refractivity contribution in [2.75, 3.05) is 0 Å². The Hall–Kier alpha value is -2.82. The predicted molar refractivity (Wildman–Crippen MR) is 95.4 cm³/mol. The van der Waals surface area contributed by atoms with E-state index in [1.54, 1.807) is 23.1 Å². The van der Waals surface area contributed by atoms with Gasteiger partial charge in [-0.25, -0.2) is 14.1 Å². The summed E-state index contributed by atoms with van der Waals surface area (Å²) in [5, 5.41) is 4.53. The second-order valence-corrected chi connectivity index (χ2v) is 7.25. The van der Waals surface area contributed by atoms with E-state index in [9.17, 15) is 9.18 Å². The Morgan fingerprint density at radius 1 is 0.962 bits per heavy atom. The molecule has 1 aromatic heterocycles. The van der Waals surface area contributed by atoms with Crippen LogP contribution >= 0.6 is 0 Å². The highest BCUT2D eigenvalue weighted by Gasteiger charge is 2.37. The molecule has 2 aliphatic carbocycles. The molecule has 1 fully saturated rings. The van der Waals surface area contributed by atoms with E-state index in [-0.39, 0.29) is 17.7 Å². The maximum atomic E-state index is 13.1. The third-order valence-corrected chi connectivity index (χ3v) is 5.65. The third-order valence-electron chi connectivity index (χ3n) is 5.65. The molecule has 3 aromatic rings. The summed E-state index contributed by atoms with van der Waals surface area (Å²) in [7, 11) is 0. The summed E-state index contributed by atoms with van der Waals surface area (Å²) in [4.78, 5) is 16.8. The molecule has 1 saturated carbocycles. The molecule has 2 aliphatic rings. The molecule has 2 bridgehead atoms. The topological polar surface area (TPSA) is 47.8 Å². The number of halogens is 1. The minimum Gasteiger partial charge on any atom is -0.299 e. The summed E-state index contributed by atoms with van der Waals surface area (Å²) in [6.45, 7) is 0. The number of hydrogen-bond acceptors (Lipinski definition) is 3. The maximum Gasteiger partial charge on any atom is 0.181 e. The monoisotopic (exact) mass is 347 g/mol. The lowest BCUT2D eigenvalue weighted by atomic mass is 9.92. The molecule has 1 heterocycles. The first-order valence-corrected chi connectivity index (χ1v) is 9.01. The number of ketones is 1. The summed E-state index contributed by atoms with van der Waals surface area (Å²) in [6.07, 6.45) is 5.39. The molecule has 2 atom stereocenters. The van der Waals surface area contributed by atoms with Gasteiger partial charge in [-0.15, -0.1) is 5.10 Å². The van der Waals surface area contributed by atoms with Crippen LogP contribution in [0.2, 0.25) is 0 Å². The Labute approximate surface area is 150 Å². The number of carbonyl (C=O) groups excluding carboxylic acids is 1. The van der Waals surface area contributed by atoms with E-state index in [1.165, 1.54) is 23.3 Å². The maximum absolute atomic E-state index is 13.1. The molecular formula is C21H18FN3O. The zero-order valence-electron chi connectivity index (χ0n) is 14.2. The smallest absolute Gasteiger partial charge is 0.181 e. The molecule has 5 heteroatoms. The van der Waals surface area contributed by atoms with Crippen molar-refractivity contribution in [3.05, 3.63) is 65.7 Å². The van der Waals surface area contributed by atoms with E-state index >= 15 is 0 Å². The van der Waals surface area contributed by atoms with Crippen LogP contribution in [0.15, 0.2) is 48.8 Å². The average Bonchev–Trinajstić information content (AvgIpc) is 3.21. The van der Waals surface area contributed by atoms with Crippen molar-refractivity contribution >= 4 is 5.78 Å². The van der Waals surface area contributed by atoms with Gasteiger partial charge in [-0.3, -0.25) is 4.79 Å². The van der Waals surface area contributed by atoms with E-state index in [0.717, 1.165) is 36.9 Å². The number of nitrogens with zero attached hydrogens (tertiary/aromatic N) is 3. The predicted octanol–water partition coefficient (Wildman–Crippen LogP) is 3.77. The van der Waals surface area contributed by atoms with Crippen LogP contribution < -0.4 is 0 Å². The Morgan fingerprint density at radius 3 is 2.46 bits per heavy atom. The normalized spacial score (nSPS) is 21.5. The summed E-state index contributed by atoms with van der Waals surface area (Å²) >= 11 is 0. The van der Waals surface area contributed by atoms with Crippen molar-refractivity contribution in [2.24, 2.45) is 11.8 Å². The molecule has 0 spiro atoms. The van der Waals surface area contributed by atoms with E-state index in [0.29, 0.717) is 11.6 Å². The van der Waals surface area contributed by atoms with Crippen molar-refractivity contribution in [1.82, 2.24) is 14.8 Å². The van der Waals surface area contributed by atoms with E-state index in [1.807, 2.05) is 6.07 Å². The average molecular weight is 347 g/mol. The van der Waals surface area contributed by atoms with Crippen molar-refractivity contribution in [3.63, 3.8) is 0 Å². The molecule has 0 saturated heterocycles. The van der Waals surface area contributed by atoms with Crippen LogP contribution in [-0.2, 0) is 17.6 Å². The molecular weight excluding hydrogens is 329 g/mol. The van der Waals surface area contributed by atoms with Gasteiger partial charge in [0, 0.05) is 17.4 Å². The molecule has 0 unspecified atom stereocenters. The molecule has 0 N–H and O–H groups in total. The van der Waals surface area contributed by atoms with Gasteiger partial charge < -0.3 is 0 Å².